The molecule has 20 heavy (non-hydrogen) atoms. The molecule has 0 atom stereocenters. The van der Waals surface area contributed by atoms with Crippen LogP contribution in [0.2, 0.25) is 0 Å². The minimum Gasteiger partial charge on any atom is -0.482 e. The minimum absolute atomic E-state index is 0.000144. The van der Waals surface area contributed by atoms with E-state index in [-0.39, 0.29) is 25.0 Å². The van der Waals surface area contributed by atoms with Gasteiger partial charge in [-0.3, -0.25) is 14.5 Å². The quantitative estimate of drug-likeness (QED) is 0.815. The summed E-state index contributed by atoms with van der Waals surface area (Å²) in [5.74, 6) is 2.45. The molecule has 0 aliphatic carbocycles. The molecule has 0 spiro atoms. The van der Waals surface area contributed by atoms with Gasteiger partial charge in [-0.05, 0) is 12.1 Å². The number of benzene rings is 1. The van der Waals surface area contributed by atoms with Crippen LogP contribution in [0.25, 0.3) is 0 Å². The van der Waals surface area contributed by atoms with E-state index in [2.05, 4.69) is 0 Å². The van der Waals surface area contributed by atoms with E-state index in [1.165, 1.54) is 4.90 Å². The third-order valence-electron chi connectivity index (χ3n) is 3.47. The second-order valence-corrected chi connectivity index (χ2v) is 5.95. The lowest BCUT2D eigenvalue weighted by molar-refractivity contribution is -0.131. The molecule has 2 amide bonds. The zero-order chi connectivity index (χ0) is 13.9. The van der Waals surface area contributed by atoms with Gasteiger partial charge in [0.2, 0.25) is 5.91 Å². The Labute approximate surface area is 121 Å². The molecule has 1 saturated heterocycles. The van der Waals surface area contributed by atoms with Gasteiger partial charge in [-0.2, -0.15) is 11.8 Å². The fourth-order valence-electron chi connectivity index (χ4n) is 2.38. The Morgan fingerprint density at radius 3 is 2.80 bits per heavy atom. The first-order valence-electron chi connectivity index (χ1n) is 6.63. The molecule has 3 rings (SSSR count). The van der Waals surface area contributed by atoms with E-state index in [0.29, 0.717) is 11.4 Å². The van der Waals surface area contributed by atoms with Crippen molar-refractivity contribution in [3.05, 3.63) is 24.3 Å². The maximum absolute atomic E-state index is 12.3. The molecule has 0 aromatic heterocycles. The van der Waals surface area contributed by atoms with Gasteiger partial charge in [-0.1, -0.05) is 12.1 Å². The van der Waals surface area contributed by atoms with Gasteiger partial charge in [0.25, 0.3) is 5.91 Å². The first kappa shape index (κ1) is 13.3. The van der Waals surface area contributed by atoms with E-state index >= 15 is 0 Å². The van der Waals surface area contributed by atoms with Crippen LogP contribution in [-0.4, -0.2) is 54.5 Å². The lowest BCUT2D eigenvalue weighted by Gasteiger charge is -2.32. The van der Waals surface area contributed by atoms with Crippen molar-refractivity contribution in [2.45, 2.75) is 0 Å². The number of fused-ring (bicyclic) bond motifs is 1. The predicted octanol–water partition coefficient (Wildman–Crippen LogP) is 0.987. The van der Waals surface area contributed by atoms with Crippen LogP contribution in [0, 0.1) is 0 Å². The van der Waals surface area contributed by atoms with Gasteiger partial charge in [0.15, 0.2) is 6.61 Å². The van der Waals surface area contributed by atoms with Gasteiger partial charge in [-0.15, -0.1) is 0 Å². The van der Waals surface area contributed by atoms with E-state index in [0.717, 1.165) is 24.6 Å². The molecule has 2 aliphatic heterocycles. The standard InChI is InChI=1S/C14H16N2O3S/c17-13(15-5-7-20-8-6-15)9-16-11-3-1-2-4-12(11)19-10-14(16)18/h1-4H,5-10H2. The van der Waals surface area contributed by atoms with Crippen molar-refractivity contribution in [3.8, 4) is 5.75 Å². The molecule has 1 fully saturated rings. The maximum atomic E-state index is 12.3. The highest BCUT2D eigenvalue weighted by atomic mass is 32.2. The zero-order valence-corrected chi connectivity index (χ0v) is 11.9. The van der Waals surface area contributed by atoms with Crippen molar-refractivity contribution in [3.63, 3.8) is 0 Å². The highest BCUT2D eigenvalue weighted by molar-refractivity contribution is 7.99. The van der Waals surface area contributed by atoms with Crippen LogP contribution < -0.4 is 9.64 Å². The van der Waals surface area contributed by atoms with Gasteiger partial charge >= 0.3 is 0 Å². The average Bonchev–Trinajstić information content (AvgIpc) is 2.51. The number of hydrogen-bond donors (Lipinski definition) is 0. The monoisotopic (exact) mass is 292 g/mol. The first-order valence-corrected chi connectivity index (χ1v) is 7.79. The van der Waals surface area contributed by atoms with Crippen LogP contribution in [0.3, 0.4) is 0 Å². The Bertz CT molecular complexity index is 529. The summed E-state index contributed by atoms with van der Waals surface area (Å²) in [6.45, 7) is 1.64. The number of para-hydroxylation sites is 2. The van der Waals surface area contributed by atoms with Crippen LogP contribution in [-0.2, 0) is 9.59 Å². The Morgan fingerprint density at radius 1 is 1.25 bits per heavy atom. The normalized spacial score (nSPS) is 18.5. The number of rotatable bonds is 2. The molecular formula is C14H16N2O3S. The van der Waals surface area contributed by atoms with Crippen molar-refractivity contribution in [1.29, 1.82) is 0 Å². The van der Waals surface area contributed by atoms with Gasteiger partial charge in [0, 0.05) is 24.6 Å². The lowest BCUT2D eigenvalue weighted by atomic mass is 10.2. The maximum Gasteiger partial charge on any atom is 0.265 e. The van der Waals surface area contributed by atoms with E-state index in [9.17, 15) is 9.59 Å². The molecule has 5 nitrogen and oxygen atoms in total. The van der Waals surface area contributed by atoms with Crippen molar-refractivity contribution in [2.24, 2.45) is 0 Å². The molecule has 1 aromatic rings. The summed E-state index contributed by atoms with van der Waals surface area (Å²) in [4.78, 5) is 27.7. The molecule has 0 bridgehead atoms. The Morgan fingerprint density at radius 2 is 2.00 bits per heavy atom. The fourth-order valence-corrected chi connectivity index (χ4v) is 3.28. The van der Waals surface area contributed by atoms with Crippen LogP contribution in [0.15, 0.2) is 24.3 Å². The van der Waals surface area contributed by atoms with E-state index in [1.54, 1.807) is 0 Å². The van der Waals surface area contributed by atoms with Crippen LogP contribution in [0.1, 0.15) is 0 Å². The van der Waals surface area contributed by atoms with Crippen molar-refractivity contribution in [2.75, 3.05) is 42.6 Å². The third-order valence-corrected chi connectivity index (χ3v) is 4.41. The molecule has 1 aromatic carbocycles. The molecule has 0 saturated carbocycles. The van der Waals surface area contributed by atoms with E-state index in [1.807, 2.05) is 40.9 Å². The molecule has 0 N–H and O–H groups in total. The number of amides is 2. The van der Waals surface area contributed by atoms with Gasteiger partial charge in [0.05, 0.1) is 5.69 Å². The summed E-state index contributed by atoms with van der Waals surface area (Å²) in [7, 11) is 0. The van der Waals surface area contributed by atoms with Gasteiger partial charge < -0.3 is 9.64 Å². The second-order valence-electron chi connectivity index (χ2n) is 4.73. The molecule has 6 heteroatoms. The zero-order valence-electron chi connectivity index (χ0n) is 11.1. The summed E-state index contributed by atoms with van der Waals surface area (Å²) >= 11 is 1.86. The topological polar surface area (TPSA) is 49.9 Å². The van der Waals surface area contributed by atoms with Crippen molar-refractivity contribution < 1.29 is 14.3 Å². The SMILES string of the molecule is O=C(CN1C(=O)COc2ccccc21)N1CCSCC1. The number of anilines is 1. The third kappa shape index (κ3) is 2.60. The number of carbonyl (C=O) groups excluding carboxylic acids is 2. The van der Waals surface area contributed by atoms with E-state index < -0.39 is 0 Å². The van der Waals surface area contributed by atoms with E-state index in [4.69, 9.17) is 4.74 Å². The molecular weight excluding hydrogens is 276 g/mol. The summed E-state index contributed by atoms with van der Waals surface area (Å²) < 4.78 is 5.37. The number of ether oxygens (including phenoxy) is 1. The van der Waals surface area contributed by atoms with Gasteiger partial charge in [-0.25, -0.2) is 0 Å². The van der Waals surface area contributed by atoms with Crippen LogP contribution in [0.4, 0.5) is 5.69 Å². The number of nitrogens with zero attached hydrogens (tertiary/aromatic N) is 2. The molecule has 0 unspecified atom stereocenters. The smallest absolute Gasteiger partial charge is 0.265 e. The Kier molecular flexibility index (Phi) is 3.82. The molecule has 2 heterocycles. The van der Waals surface area contributed by atoms with Crippen LogP contribution in [0.5, 0.6) is 5.75 Å². The Hall–Kier alpha value is -1.69. The predicted molar refractivity (Wildman–Crippen MR) is 78.2 cm³/mol. The lowest BCUT2D eigenvalue weighted by Crippen LogP contribution is -2.48. The van der Waals surface area contributed by atoms with Crippen molar-refractivity contribution in [1.82, 2.24) is 4.90 Å². The highest BCUT2D eigenvalue weighted by Crippen LogP contribution is 2.31. The largest absolute Gasteiger partial charge is 0.482 e. The number of thioether (sulfide) groups is 1. The number of hydrogen-bond acceptors (Lipinski definition) is 4. The summed E-state index contributed by atoms with van der Waals surface area (Å²) in [5, 5.41) is 0. The minimum atomic E-state index is -0.163. The molecule has 106 valence electrons. The first-order chi connectivity index (χ1) is 9.75. The summed E-state index contributed by atoms with van der Waals surface area (Å²) in [5.41, 5.74) is 0.684. The fraction of sp³-hybridized carbons (Fsp3) is 0.429. The highest BCUT2D eigenvalue weighted by Gasteiger charge is 2.28. The average molecular weight is 292 g/mol. The van der Waals surface area contributed by atoms with Crippen LogP contribution >= 0.6 is 11.8 Å². The molecule has 0 radical (unpaired) electrons. The summed E-state index contributed by atoms with van der Waals surface area (Å²) in [6.07, 6.45) is 0. The molecule has 2 aliphatic rings. The van der Waals surface area contributed by atoms with Crippen molar-refractivity contribution >= 4 is 29.3 Å². The summed E-state index contributed by atoms with van der Waals surface area (Å²) in [6, 6.07) is 7.33. The number of carbonyl (C=O) groups is 2. The second kappa shape index (κ2) is 5.75. The Balaban J connectivity index is 1.76. The van der Waals surface area contributed by atoms with Gasteiger partial charge in [0.1, 0.15) is 12.3 Å².